The normalized spacial score (nSPS) is 23.8. The molecular weight excluding hydrogens is 240 g/mol. The van der Waals surface area contributed by atoms with Crippen LogP contribution >= 0.6 is 0 Å². The second kappa shape index (κ2) is 4.70. The minimum Gasteiger partial charge on any atom is -0.372 e. The number of nitrogens with one attached hydrogen (secondary N) is 1. The summed E-state index contributed by atoms with van der Waals surface area (Å²) in [6.07, 6.45) is 2.09. The Morgan fingerprint density at radius 3 is 2.74 bits per heavy atom. The molecule has 0 bridgehead atoms. The van der Waals surface area contributed by atoms with Gasteiger partial charge in [0.1, 0.15) is 0 Å². The van der Waals surface area contributed by atoms with Gasteiger partial charge < -0.3 is 14.6 Å². The Labute approximate surface area is 112 Å². The summed E-state index contributed by atoms with van der Waals surface area (Å²) >= 11 is 0. The van der Waals surface area contributed by atoms with Crippen LogP contribution in [0.15, 0.2) is 30.5 Å². The van der Waals surface area contributed by atoms with Crippen LogP contribution in [0.5, 0.6) is 0 Å². The lowest BCUT2D eigenvalue weighted by atomic mass is 10.1. The van der Waals surface area contributed by atoms with E-state index in [1.807, 2.05) is 49.2 Å². The quantitative estimate of drug-likeness (QED) is 0.853. The molecule has 1 aromatic carbocycles. The van der Waals surface area contributed by atoms with Crippen molar-refractivity contribution in [3.63, 3.8) is 0 Å². The number of hydrogen-bond acceptors (Lipinski definition) is 2. The maximum absolute atomic E-state index is 12.5. The maximum atomic E-state index is 12.5. The summed E-state index contributed by atoms with van der Waals surface area (Å²) in [5, 5.41) is 1.07. The molecule has 0 radical (unpaired) electrons. The van der Waals surface area contributed by atoms with E-state index in [1.54, 1.807) is 0 Å². The number of rotatable bonds is 1. The van der Waals surface area contributed by atoms with Gasteiger partial charge >= 0.3 is 0 Å². The summed E-state index contributed by atoms with van der Waals surface area (Å²) in [6.45, 7) is 5.33. The number of nitrogens with zero attached hydrogens (tertiary/aromatic N) is 1. The van der Waals surface area contributed by atoms with E-state index in [1.165, 1.54) is 0 Å². The van der Waals surface area contributed by atoms with Gasteiger partial charge in [0, 0.05) is 35.8 Å². The molecule has 2 aromatic rings. The van der Waals surface area contributed by atoms with Crippen LogP contribution in [0.25, 0.3) is 10.9 Å². The van der Waals surface area contributed by atoms with Gasteiger partial charge in [-0.05, 0) is 38.1 Å². The van der Waals surface area contributed by atoms with Gasteiger partial charge in [0.05, 0.1) is 12.2 Å². The van der Waals surface area contributed by atoms with Gasteiger partial charge in [0.15, 0.2) is 0 Å². The van der Waals surface area contributed by atoms with E-state index in [0.717, 1.165) is 16.5 Å². The maximum Gasteiger partial charge on any atom is 0.254 e. The van der Waals surface area contributed by atoms with Gasteiger partial charge in [-0.2, -0.15) is 0 Å². The van der Waals surface area contributed by atoms with Gasteiger partial charge in [0.25, 0.3) is 5.91 Å². The average Bonchev–Trinajstić information content (AvgIpc) is 2.83. The smallest absolute Gasteiger partial charge is 0.254 e. The first-order valence-corrected chi connectivity index (χ1v) is 6.65. The van der Waals surface area contributed by atoms with E-state index in [4.69, 9.17) is 4.74 Å². The predicted octanol–water partition coefficient (Wildman–Crippen LogP) is 2.42. The molecule has 4 nitrogen and oxygen atoms in total. The standard InChI is InChI=1S/C15H18N2O2/c1-10-8-17(9-11(2)19-10)15(18)13-3-4-14-12(7-13)5-6-16-14/h3-7,10-11,16H,8-9H2,1-2H3. The second-order valence-electron chi connectivity index (χ2n) is 5.25. The Morgan fingerprint density at radius 2 is 2.00 bits per heavy atom. The number of amides is 1. The third-order valence-corrected chi connectivity index (χ3v) is 3.51. The number of carbonyl (C=O) groups excluding carboxylic acids is 1. The molecule has 3 rings (SSSR count). The fourth-order valence-corrected chi connectivity index (χ4v) is 2.71. The van der Waals surface area contributed by atoms with Crippen LogP contribution in [0.1, 0.15) is 24.2 Å². The Hall–Kier alpha value is -1.81. The van der Waals surface area contributed by atoms with Crippen molar-refractivity contribution < 1.29 is 9.53 Å². The molecule has 1 aliphatic rings. The van der Waals surface area contributed by atoms with Gasteiger partial charge in [-0.1, -0.05) is 0 Å². The molecule has 1 N–H and O–H groups in total. The number of aromatic nitrogens is 1. The third-order valence-electron chi connectivity index (χ3n) is 3.51. The SMILES string of the molecule is CC1CN(C(=O)c2ccc3[nH]ccc3c2)CC(C)O1. The van der Waals surface area contributed by atoms with E-state index in [9.17, 15) is 4.79 Å². The number of carbonyl (C=O) groups is 1. The Bertz CT molecular complexity index is 595. The summed E-state index contributed by atoms with van der Waals surface area (Å²) in [5.41, 5.74) is 1.80. The molecule has 1 aliphatic heterocycles. The Morgan fingerprint density at radius 1 is 1.26 bits per heavy atom. The minimum atomic E-state index is 0.0881. The summed E-state index contributed by atoms with van der Waals surface area (Å²) < 4.78 is 5.66. The lowest BCUT2D eigenvalue weighted by Crippen LogP contribution is -2.48. The topological polar surface area (TPSA) is 45.3 Å². The molecular formula is C15H18N2O2. The van der Waals surface area contributed by atoms with Crippen LogP contribution < -0.4 is 0 Å². The van der Waals surface area contributed by atoms with Crippen molar-refractivity contribution in [2.24, 2.45) is 0 Å². The van der Waals surface area contributed by atoms with E-state index in [-0.39, 0.29) is 18.1 Å². The molecule has 1 saturated heterocycles. The van der Waals surface area contributed by atoms with E-state index in [0.29, 0.717) is 13.1 Å². The minimum absolute atomic E-state index is 0.0881. The van der Waals surface area contributed by atoms with Crippen molar-refractivity contribution in [1.29, 1.82) is 0 Å². The van der Waals surface area contributed by atoms with E-state index in [2.05, 4.69) is 4.98 Å². The summed E-state index contributed by atoms with van der Waals surface area (Å²) in [7, 11) is 0. The molecule has 19 heavy (non-hydrogen) atoms. The van der Waals surface area contributed by atoms with Crippen LogP contribution in [0, 0.1) is 0 Å². The molecule has 1 aromatic heterocycles. The molecule has 0 spiro atoms. The highest BCUT2D eigenvalue weighted by atomic mass is 16.5. The zero-order valence-corrected chi connectivity index (χ0v) is 11.2. The first-order valence-electron chi connectivity index (χ1n) is 6.65. The van der Waals surface area contributed by atoms with Crippen molar-refractivity contribution in [1.82, 2.24) is 9.88 Å². The molecule has 1 fully saturated rings. The first-order chi connectivity index (χ1) is 9.13. The Balaban J connectivity index is 1.86. The second-order valence-corrected chi connectivity index (χ2v) is 5.25. The highest BCUT2D eigenvalue weighted by Crippen LogP contribution is 2.18. The number of benzene rings is 1. The zero-order chi connectivity index (χ0) is 13.4. The molecule has 4 heteroatoms. The zero-order valence-electron chi connectivity index (χ0n) is 11.2. The number of hydrogen-bond donors (Lipinski definition) is 1. The predicted molar refractivity (Wildman–Crippen MR) is 74.2 cm³/mol. The molecule has 2 atom stereocenters. The van der Waals surface area contributed by atoms with Crippen LogP contribution in [0.4, 0.5) is 0 Å². The number of ether oxygens (including phenoxy) is 1. The van der Waals surface area contributed by atoms with Gasteiger partial charge in [-0.3, -0.25) is 4.79 Å². The highest BCUT2D eigenvalue weighted by Gasteiger charge is 2.26. The molecule has 0 aliphatic carbocycles. The summed E-state index contributed by atoms with van der Waals surface area (Å²) in [5.74, 6) is 0.0881. The summed E-state index contributed by atoms with van der Waals surface area (Å²) in [4.78, 5) is 17.5. The lowest BCUT2D eigenvalue weighted by molar-refractivity contribution is -0.0586. The van der Waals surface area contributed by atoms with E-state index >= 15 is 0 Å². The van der Waals surface area contributed by atoms with Gasteiger partial charge in [-0.25, -0.2) is 0 Å². The lowest BCUT2D eigenvalue weighted by Gasteiger charge is -2.35. The fourth-order valence-electron chi connectivity index (χ4n) is 2.71. The number of aromatic amines is 1. The Kier molecular flexibility index (Phi) is 3.03. The van der Waals surface area contributed by atoms with Crippen LogP contribution in [0.3, 0.4) is 0 Å². The first kappa shape index (κ1) is 12.2. The largest absolute Gasteiger partial charge is 0.372 e. The molecule has 0 saturated carbocycles. The third kappa shape index (κ3) is 2.36. The van der Waals surface area contributed by atoms with Crippen molar-refractivity contribution >= 4 is 16.8 Å². The number of fused-ring (bicyclic) bond motifs is 1. The number of H-pyrrole nitrogens is 1. The molecule has 100 valence electrons. The van der Waals surface area contributed by atoms with Crippen molar-refractivity contribution in [2.45, 2.75) is 26.1 Å². The van der Waals surface area contributed by atoms with Crippen LogP contribution in [-0.4, -0.2) is 41.1 Å². The van der Waals surface area contributed by atoms with Crippen LogP contribution in [0.2, 0.25) is 0 Å². The van der Waals surface area contributed by atoms with Crippen LogP contribution in [-0.2, 0) is 4.74 Å². The van der Waals surface area contributed by atoms with Crippen molar-refractivity contribution in [2.75, 3.05) is 13.1 Å². The molecule has 2 heterocycles. The van der Waals surface area contributed by atoms with Crippen molar-refractivity contribution in [3.8, 4) is 0 Å². The van der Waals surface area contributed by atoms with Gasteiger partial charge in [-0.15, -0.1) is 0 Å². The average molecular weight is 258 g/mol. The number of morpholine rings is 1. The fraction of sp³-hybridized carbons (Fsp3) is 0.400. The van der Waals surface area contributed by atoms with Gasteiger partial charge in [0.2, 0.25) is 0 Å². The summed E-state index contributed by atoms with van der Waals surface area (Å²) in [6, 6.07) is 7.76. The molecule has 2 unspecified atom stereocenters. The van der Waals surface area contributed by atoms with Crippen molar-refractivity contribution in [3.05, 3.63) is 36.0 Å². The van der Waals surface area contributed by atoms with E-state index < -0.39 is 0 Å². The monoisotopic (exact) mass is 258 g/mol. The highest BCUT2D eigenvalue weighted by molar-refractivity contribution is 5.98. The molecule has 1 amide bonds.